The van der Waals surface area contributed by atoms with Gasteiger partial charge in [-0.15, -0.1) is 0 Å². The number of piperazine rings is 1. The lowest BCUT2D eigenvalue weighted by molar-refractivity contribution is -0.137. The van der Waals surface area contributed by atoms with E-state index in [1.165, 1.54) is 0 Å². The number of amides is 2. The summed E-state index contributed by atoms with van der Waals surface area (Å²) in [6.07, 6.45) is 0. The van der Waals surface area contributed by atoms with Gasteiger partial charge in [-0.25, -0.2) is 0 Å². The number of nitrogens with zero attached hydrogens (tertiary/aromatic N) is 3. The van der Waals surface area contributed by atoms with Crippen LogP contribution in [-0.2, 0) is 14.3 Å². The summed E-state index contributed by atoms with van der Waals surface area (Å²) in [5, 5.41) is 3.05. The number of methoxy groups -OCH3 is 1. The fraction of sp³-hybridized carbons (Fsp3) is 0.440. The molecule has 2 heterocycles. The van der Waals surface area contributed by atoms with E-state index >= 15 is 0 Å². The van der Waals surface area contributed by atoms with Crippen LogP contribution in [0.2, 0.25) is 0 Å². The first kappa shape index (κ1) is 23.2. The molecule has 0 spiro atoms. The molecule has 2 amide bonds. The highest BCUT2D eigenvalue weighted by Gasteiger charge is 2.31. The van der Waals surface area contributed by atoms with E-state index in [1.807, 2.05) is 59.5 Å². The van der Waals surface area contributed by atoms with Gasteiger partial charge in [-0.1, -0.05) is 36.4 Å². The van der Waals surface area contributed by atoms with Crippen molar-refractivity contribution in [1.82, 2.24) is 14.7 Å². The van der Waals surface area contributed by atoms with Crippen LogP contribution in [0.4, 0.5) is 5.69 Å². The van der Waals surface area contributed by atoms with Gasteiger partial charge in [0.05, 0.1) is 26.9 Å². The molecule has 0 unspecified atom stereocenters. The van der Waals surface area contributed by atoms with Gasteiger partial charge in [0.1, 0.15) is 11.8 Å². The smallest absolute Gasteiger partial charge is 0.246 e. The van der Waals surface area contributed by atoms with Crippen LogP contribution < -0.4 is 10.1 Å². The van der Waals surface area contributed by atoms with Gasteiger partial charge in [0.25, 0.3) is 0 Å². The number of hydrogen-bond donors (Lipinski definition) is 1. The van der Waals surface area contributed by atoms with Crippen LogP contribution in [0, 0.1) is 0 Å². The summed E-state index contributed by atoms with van der Waals surface area (Å²) >= 11 is 0. The zero-order chi connectivity index (χ0) is 23.0. The van der Waals surface area contributed by atoms with Gasteiger partial charge in [0.2, 0.25) is 11.8 Å². The van der Waals surface area contributed by atoms with E-state index in [1.54, 1.807) is 7.11 Å². The van der Waals surface area contributed by atoms with Crippen LogP contribution in [0.15, 0.2) is 54.6 Å². The predicted octanol–water partition coefficient (Wildman–Crippen LogP) is 1.85. The standard InChI is InChI=1S/C25H32N4O4/c1-32-22-9-5-8-21(18-22)26-25(31)24(20-6-3-2-4-7-20)29-12-10-27(11-13-29)19-23(30)28-14-16-33-17-15-28/h2-9,18,24H,10-17,19H2,1H3,(H,26,31)/t24-/m1/s1. The van der Waals surface area contributed by atoms with Crippen molar-refractivity contribution in [1.29, 1.82) is 0 Å². The summed E-state index contributed by atoms with van der Waals surface area (Å²) in [6, 6.07) is 16.8. The van der Waals surface area contributed by atoms with E-state index in [0.717, 1.165) is 18.7 Å². The molecule has 1 N–H and O–H groups in total. The van der Waals surface area contributed by atoms with Crippen molar-refractivity contribution in [2.75, 3.05) is 71.5 Å². The molecule has 4 rings (SSSR count). The number of morpholine rings is 1. The van der Waals surface area contributed by atoms with Crippen LogP contribution in [0.1, 0.15) is 11.6 Å². The summed E-state index contributed by atoms with van der Waals surface area (Å²) in [5.74, 6) is 0.775. The summed E-state index contributed by atoms with van der Waals surface area (Å²) in [7, 11) is 1.61. The Balaban J connectivity index is 1.40. The second-order valence-electron chi connectivity index (χ2n) is 8.34. The van der Waals surface area contributed by atoms with Crippen molar-refractivity contribution in [3.63, 3.8) is 0 Å². The van der Waals surface area contributed by atoms with Gasteiger partial charge >= 0.3 is 0 Å². The van der Waals surface area contributed by atoms with E-state index in [0.29, 0.717) is 57.4 Å². The second-order valence-corrected chi connectivity index (χ2v) is 8.34. The Morgan fingerprint density at radius 2 is 1.70 bits per heavy atom. The monoisotopic (exact) mass is 452 g/mol. The Morgan fingerprint density at radius 1 is 0.970 bits per heavy atom. The maximum Gasteiger partial charge on any atom is 0.246 e. The average molecular weight is 453 g/mol. The summed E-state index contributed by atoms with van der Waals surface area (Å²) in [6.45, 7) is 5.88. The lowest BCUT2D eigenvalue weighted by Gasteiger charge is -2.39. The fourth-order valence-corrected chi connectivity index (χ4v) is 4.36. The number of ether oxygens (including phenoxy) is 2. The highest BCUT2D eigenvalue weighted by molar-refractivity contribution is 5.95. The molecule has 8 nitrogen and oxygen atoms in total. The first-order valence-electron chi connectivity index (χ1n) is 11.5. The molecule has 2 fully saturated rings. The Bertz CT molecular complexity index is 925. The number of benzene rings is 2. The Morgan fingerprint density at radius 3 is 2.39 bits per heavy atom. The van der Waals surface area contributed by atoms with Crippen molar-refractivity contribution in [2.24, 2.45) is 0 Å². The van der Waals surface area contributed by atoms with Crippen LogP contribution in [0.5, 0.6) is 5.75 Å². The van der Waals surface area contributed by atoms with Gasteiger partial charge < -0.3 is 19.7 Å². The molecular weight excluding hydrogens is 420 g/mol. The molecule has 0 saturated carbocycles. The summed E-state index contributed by atoms with van der Waals surface area (Å²) in [4.78, 5) is 32.3. The number of carbonyl (C=O) groups is 2. The van der Waals surface area contributed by atoms with Gasteiger partial charge in [-0.05, 0) is 17.7 Å². The Hall–Kier alpha value is -2.94. The fourth-order valence-electron chi connectivity index (χ4n) is 4.36. The van der Waals surface area contributed by atoms with Crippen LogP contribution in [0.25, 0.3) is 0 Å². The zero-order valence-electron chi connectivity index (χ0n) is 19.1. The molecule has 2 aliphatic heterocycles. The lowest BCUT2D eigenvalue weighted by atomic mass is 10.0. The molecule has 2 aliphatic rings. The number of anilines is 1. The molecule has 2 saturated heterocycles. The topological polar surface area (TPSA) is 74.4 Å². The quantitative estimate of drug-likeness (QED) is 0.691. The molecule has 2 aromatic carbocycles. The predicted molar refractivity (Wildman–Crippen MR) is 126 cm³/mol. The third kappa shape index (κ3) is 6.10. The minimum atomic E-state index is -0.408. The maximum absolute atomic E-state index is 13.4. The van der Waals surface area contributed by atoms with Crippen LogP contribution in [-0.4, -0.2) is 92.7 Å². The van der Waals surface area contributed by atoms with Gasteiger partial charge in [0, 0.05) is 51.0 Å². The normalized spacial score (nSPS) is 18.5. The third-order valence-corrected chi connectivity index (χ3v) is 6.20. The van der Waals surface area contributed by atoms with Gasteiger partial charge in [-0.3, -0.25) is 19.4 Å². The first-order chi connectivity index (χ1) is 16.1. The third-order valence-electron chi connectivity index (χ3n) is 6.20. The van der Waals surface area contributed by atoms with E-state index in [2.05, 4.69) is 15.1 Å². The second kappa shape index (κ2) is 11.3. The SMILES string of the molecule is COc1cccc(NC(=O)[C@@H](c2ccccc2)N2CCN(CC(=O)N3CCOCC3)CC2)c1. The van der Waals surface area contributed by atoms with E-state index in [9.17, 15) is 9.59 Å². The zero-order valence-corrected chi connectivity index (χ0v) is 19.1. The Labute approximate surface area is 195 Å². The number of nitrogens with one attached hydrogen (secondary N) is 1. The highest BCUT2D eigenvalue weighted by Crippen LogP contribution is 2.25. The molecule has 0 aliphatic carbocycles. The molecule has 176 valence electrons. The lowest BCUT2D eigenvalue weighted by Crippen LogP contribution is -2.53. The molecule has 0 bridgehead atoms. The first-order valence-corrected chi connectivity index (χ1v) is 11.5. The van der Waals surface area contributed by atoms with Crippen LogP contribution >= 0.6 is 0 Å². The van der Waals surface area contributed by atoms with Crippen molar-refractivity contribution in [2.45, 2.75) is 6.04 Å². The molecule has 1 atom stereocenters. The van der Waals surface area contributed by atoms with Crippen molar-refractivity contribution < 1.29 is 19.1 Å². The minimum Gasteiger partial charge on any atom is -0.497 e. The van der Waals surface area contributed by atoms with Gasteiger partial charge in [0.15, 0.2) is 0 Å². The van der Waals surface area contributed by atoms with Crippen molar-refractivity contribution in [3.05, 3.63) is 60.2 Å². The maximum atomic E-state index is 13.4. The molecule has 8 heteroatoms. The largest absolute Gasteiger partial charge is 0.497 e. The van der Waals surface area contributed by atoms with Crippen molar-refractivity contribution in [3.8, 4) is 5.75 Å². The molecular formula is C25H32N4O4. The van der Waals surface area contributed by atoms with E-state index in [4.69, 9.17) is 9.47 Å². The molecule has 0 radical (unpaired) electrons. The number of carbonyl (C=O) groups excluding carboxylic acids is 2. The number of rotatable bonds is 7. The molecule has 33 heavy (non-hydrogen) atoms. The number of hydrogen-bond acceptors (Lipinski definition) is 6. The summed E-state index contributed by atoms with van der Waals surface area (Å²) < 4.78 is 10.6. The average Bonchev–Trinajstić information content (AvgIpc) is 2.86. The van der Waals surface area contributed by atoms with E-state index < -0.39 is 6.04 Å². The van der Waals surface area contributed by atoms with Crippen LogP contribution in [0.3, 0.4) is 0 Å². The highest BCUT2D eigenvalue weighted by atomic mass is 16.5. The molecule has 0 aromatic heterocycles. The minimum absolute atomic E-state index is 0.0766. The summed E-state index contributed by atoms with van der Waals surface area (Å²) in [5.41, 5.74) is 1.66. The molecule has 2 aromatic rings. The van der Waals surface area contributed by atoms with Crippen molar-refractivity contribution >= 4 is 17.5 Å². The van der Waals surface area contributed by atoms with Gasteiger partial charge in [-0.2, -0.15) is 0 Å². The Kier molecular flexibility index (Phi) is 7.93. The van der Waals surface area contributed by atoms with E-state index in [-0.39, 0.29) is 11.8 Å².